The Morgan fingerprint density at radius 1 is 1.53 bits per heavy atom. The Morgan fingerprint density at radius 2 is 2.20 bits per heavy atom. The lowest BCUT2D eigenvalue weighted by Gasteiger charge is -2.18. The number of hydrogen-bond acceptors (Lipinski definition) is 4. The smallest absolute Gasteiger partial charge is 0.321 e. The van der Waals surface area contributed by atoms with Crippen molar-refractivity contribution in [2.45, 2.75) is 24.9 Å². The van der Waals surface area contributed by atoms with Gasteiger partial charge < -0.3 is 15.1 Å². The summed E-state index contributed by atoms with van der Waals surface area (Å²) in [5.41, 5.74) is 0. The summed E-state index contributed by atoms with van der Waals surface area (Å²) in [6.45, 7) is 1.68. The molecule has 6 nitrogen and oxygen atoms in total. The zero-order valence-electron chi connectivity index (χ0n) is 8.64. The summed E-state index contributed by atoms with van der Waals surface area (Å²) in [6.07, 6.45) is 0.482. The van der Waals surface area contributed by atoms with Crippen LogP contribution in [0.15, 0.2) is 0 Å². The molecule has 0 saturated carbocycles. The third-order valence-corrected chi connectivity index (χ3v) is 2.51. The van der Waals surface area contributed by atoms with Crippen molar-refractivity contribution in [2.24, 2.45) is 0 Å². The Hall–Kier alpha value is -1.14. The lowest BCUT2D eigenvalue weighted by atomic mass is 10.1. The van der Waals surface area contributed by atoms with Gasteiger partial charge in [0.05, 0.1) is 6.42 Å². The van der Waals surface area contributed by atoms with Gasteiger partial charge in [0, 0.05) is 12.6 Å². The summed E-state index contributed by atoms with van der Waals surface area (Å²) in [5, 5.41) is 20.2. The number of rotatable bonds is 5. The molecule has 1 heterocycles. The van der Waals surface area contributed by atoms with Crippen LogP contribution in [-0.4, -0.2) is 59.3 Å². The minimum Gasteiger partial charge on any atom is -0.481 e. The van der Waals surface area contributed by atoms with Crippen molar-refractivity contribution in [3.05, 3.63) is 0 Å². The third kappa shape index (κ3) is 3.85. The van der Waals surface area contributed by atoms with Crippen LogP contribution >= 0.6 is 0 Å². The van der Waals surface area contributed by atoms with Gasteiger partial charge in [-0.05, 0) is 20.0 Å². The molecule has 3 N–H and O–H groups in total. The molecule has 0 spiro atoms. The molecule has 1 rings (SSSR count). The van der Waals surface area contributed by atoms with Gasteiger partial charge in [0.15, 0.2) is 0 Å². The highest BCUT2D eigenvalue weighted by atomic mass is 16.4. The lowest BCUT2D eigenvalue weighted by Crippen LogP contribution is -2.45. The first-order chi connectivity index (χ1) is 6.99. The number of carboxylic acid groups (broad SMARTS) is 2. The molecule has 0 amide bonds. The Balaban J connectivity index is 2.44. The standard InChI is InChI=1S/C9H16N2O4/c1-11-3-2-6(5-11)10-7(9(14)15)4-8(12)13/h6-7,10H,2-5H2,1H3,(H,12,13)(H,14,15). The summed E-state index contributed by atoms with van der Waals surface area (Å²) >= 11 is 0. The van der Waals surface area contributed by atoms with Crippen LogP contribution in [-0.2, 0) is 9.59 Å². The molecule has 6 heteroatoms. The Labute approximate surface area is 87.9 Å². The molecule has 1 aliphatic rings. The molecule has 0 bridgehead atoms. The summed E-state index contributed by atoms with van der Waals surface area (Å²) in [7, 11) is 1.95. The van der Waals surface area contributed by atoms with Crippen LogP contribution in [0.3, 0.4) is 0 Å². The van der Waals surface area contributed by atoms with Crippen molar-refractivity contribution in [3.63, 3.8) is 0 Å². The minimum absolute atomic E-state index is 0.0791. The average molecular weight is 216 g/mol. The van der Waals surface area contributed by atoms with E-state index in [1.165, 1.54) is 0 Å². The molecular formula is C9H16N2O4. The van der Waals surface area contributed by atoms with Gasteiger partial charge in [0.2, 0.25) is 0 Å². The highest BCUT2D eigenvalue weighted by Crippen LogP contribution is 2.08. The fraction of sp³-hybridized carbons (Fsp3) is 0.778. The van der Waals surface area contributed by atoms with Crippen LogP contribution in [0.5, 0.6) is 0 Å². The molecule has 0 aromatic heterocycles. The molecule has 1 saturated heterocycles. The summed E-state index contributed by atoms with van der Waals surface area (Å²) < 4.78 is 0. The summed E-state index contributed by atoms with van der Waals surface area (Å²) in [6, 6.07) is -0.908. The fourth-order valence-electron chi connectivity index (χ4n) is 1.75. The second-order valence-electron chi connectivity index (χ2n) is 3.90. The van der Waals surface area contributed by atoms with Gasteiger partial charge in [-0.2, -0.15) is 0 Å². The fourth-order valence-corrected chi connectivity index (χ4v) is 1.75. The number of aliphatic carboxylic acids is 2. The molecule has 0 aliphatic carbocycles. The topological polar surface area (TPSA) is 89.9 Å². The molecule has 2 unspecified atom stereocenters. The maximum Gasteiger partial charge on any atom is 0.321 e. The van der Waals surface area contributed by atoms with Crippen LogP contribution in [0, 0.1) is 0 Å². The molecule has 2 atom stereocenters. The van der Waals surface area contributed by atoms with Crippen molar-refractivity contribution >= 4 is 11.9 Å². The van der Waals surface area contributed by atoms with Gasteiger partial charge >= 0.3 is 11.9 Å². The zero-order chi connectivity index (χ0) is 11.4. The first kappa shape index (κ1) is 11.9. The van der Waals surface area contributed by atoms with Crippen molar-refractivity contribution in [2.75, 3.05) is 20.1 Å². The molecule has 0 aromatic rings. The number of carbonyl (C=O) groups is 2. The minimum atomic E-state index is -1.10. The molecular weight excluding hydrogens is 200 g/mol. The van der Waals surface area contributed by atoms with Gasteiger partial charge in [-0.25, -0.2) is 0 Å². The van der Waals surface area contributed by atoms with E-state index in [4.69, 9.17) is 10.2 Å². The van der Waals surface area contributed by atoms with E-state index in [1.54, 1.807) is 0 Å². The zero-order valence-corrected chi connectivity index (χ0v) is 8.64. The Kier molecular flexibility index (Phi) is 4.05. The van der Waals surface area contributed by atoms with E-state index >= 15 is 0 Å². The number of nitrogens with one attached hydrogen (secondary N) is 1. The lowest BCUT2D eigenvalue weighted by molar-refractivity contribution is -0.146. The van der Waals surface area contributed by atoms with Crippen LogP contribution in [0.25, 0.3) is 0 Å². The van der Waals surface area contributed by atoms with Crippen molar-refractivity contribution in [3.8, 4) is 0 Å². The summed E-state index contributed by atoms with van der Waals surface area (Å²) in [4.78, 5) is 23.3. The number of likely N-dealkylation sites (N-methyl/N-ethyl adjacent to an activating group) is 1. The van der Waals surface area contributed by atoms with Gasteiger partial charge in [-0.1, -0.05) is 0 Å². The monoisotopic (exact) mass is 216 g/mol. The van der Waals surface area contributed by atoms with Gasteiger partial charge in [-0.3, -0.25) is 14.9 Å². The predicted molar refractivity (Wildman–Crippen MR) is 52.7 cm³/mol. The Bertz CT molecular complexity index is 256. The molecule has 0 radical (unpaired) electrons. The normalized spacial score (nSPS) is 23.9. The number of hydrogen-bond donors (Lipinski definition) is 3. The van der Waals surface area contributed by atoms with E-state index in [0.717, 1.165) is 19.5 Å². The predicted octanol–water partition coefficient (Wildman–Crippen LogP) is -0.792. The van der Waals surface area contributed by atoms with Gasteiger partial charge in [0.25, 0.3) is 0 Å². The van der Waals surface area contributed by atoms with E-state index in [2.05, 4.69) is 10.2 Å². The first-order valence-electron chi connectivity index (χ1n) is 4.88. The highest BCUT2D eigenvalue weighted by molar-refractivity contribution is 5.80. The van der Waals surface area contributed by atoms with Crippen molar-refractivity contribution < 1.29 is 19.8 Å². The quantitative estimate of drug-likeness (QED) is 0.558. The highest BCUT2D eigenvalue weighted by Gasteiger charge is 2.27. The van der Waals surface area contributed by atoms with E-state index in [1.807, 2.05) is 7.05 Å². The average Bonchev–Trinajstić information content (AvgIpc) is 2.49. The largest absolute Gasteiger partial charge is 0.481 e. The van der Waals surface area contributed by atoms with E-state index in [9.17, 15) is 9.59 Å². The first-order valence-corrected chi connectivity index (χ1v) is 4.88. The molecule has 15 heavy (non-hydrogen) atoms. The SMILES string of the molecule is CN1CCC(NC(CC(=O)O)C(=O)O)C1. The van der Waals surface area contributed by atoms with Gasteiger partial charge in [-0.15, -0.1) is 0 Å². The van der Waals surface area contributed by atoms with Gasteiger partial charge in [0.1, 0.15) is 6.04 Å². The molecule has 1 fully saturated rings. The van der Waals surface area contributed by atoms with Crippen molar-refractivity contribution in [1.29, 1.82) is 0 Å². The van der Waals surface area contributed by atoms with Crippen LogP contribution in [0.2, 0.25) is 0 Å². The van der Waals surface area contributed by atoms with E-state index in [0.29, 0.717) is 0 Å². The maximum atomic E-state index is 10.8. The van der Waals surface area contributed by atoms with Crippen LogP contribution in [0.1, 0.15) is 12.8 Å². The number of nitrogens with zero attached hydrogens (tertiary/aromatic N) is 1. The molecule has 1 aliphatic heterocycles. The van der Waals surface area contributed by atoms with Crippen LogP contribution in [0.4, 0.5) is 0 Å². The van der Waals surface area contributed by atoms with E-state index in [-0.39, 0.29) is 12.5 Å². The number of carboxylic acids is 2. The van der Waals surface area contributed by atoms with E-state index < -0.39 is 18.0 Å². The Morgan fingerprint density at radius 3 is 2.60 bits per heavy atom. The second-order valence-corrected chi connectivity index (χ2v) is 3.90. The second kappa shape index (κ2) is 5.09. The maximum absolute atomic E-state index is 10.8. The third-order valence-electron chi connectivity index (χ3n) is 2.51. The van der Waals surface area contributed by atoms with Crippen molar-refractivity contribution in [1.82, 2.24) is 10.2 Å². The summed E-state index contributed by atoms with van der Waals surface area (Å²) in [5.74, 6) is -2.20. The number of likely N-dealkylation sites (tertiary alicyclic amines) is 1. The van der Waals surface area contributed by atoms with Crippen LogP contribution < -0.4 is 5.32 Å². The molecule has 0 aromatic carbocycles. The molecule has 86 valence electrons.